The summed E-state index contributed by atoms with van der Waals surface area (Å²) in [7, 11) is 3.92. The van der Waals surface area contributed by atoms with Gasteiger partial charge in [-0.15, -0.1) is 11.8 Å². The summed E-state index contributed by atoms with van der Waals surface area (Å²) >= 11 is 1.68. The second-order valence-corrected chi connectivity index (χ2v) is 12.7. The molecule has 0 aromatic heterocycles. The molecule has 0 aliphatic carbocycles. The number of nitrogens with zero attached hydrogens (tertiary/aromatic N) is 3. The van der Waals surface area contributed by atoms with Crippen molar-refractivity contribution in [3.63, 3.8) is 0 Å². The van der Waals surface area contributed by atoms with Crippen LogP contribution in [0.1, 0.15) is 82.7 Å². The lowest BCUT2D eigenvalue weighted by atomic mass is 9.97. The summed E-state index contributed by atoms with van der Waals surface area (Å²) < 4.78 is 31.6. The first-order chi connectivity index (χ1) is 22.0. The van der Waals surface area contributed by atoms with E-state index in [1.54, 1.807) is 31.0 Å². The Morgan fingerprint density at radius 3 is 1.96 bits per heavy atom. The molecule has 2 saturated heterocycles. The average molecular weight is 662 g/mol. The third-order valence-corrected chi connectivity index (χ3v) is 9.00. The number of ether oxygens (including phenoxy) is 1. The van der Waals surface area contributed by atoms with Crippen molar-refractivity contribution >= 4 is 18.0 Å². The van der Waals surface area contributed by atoms with E-state index in [0.717, 1.165) is 50.8 Å². The highest BCUT2D eigenvalue weighted by Gasteiger charge is 2.32. The van der Waals surface area contributed by atoms with Gasteiger partial charge >= 0.3 is 0 Å². The highest BCUT2D eigenvalue weighted by Crippen LogP contribution is 2.29. The van der Waals surface area contributed by atoms with Gasteiger partial charge in [0.05, 0.1) is 6.61 Å². The summed E-state index contributed by atoms with van der Waals surface area (Å²) in [5.41, 5.74) is 3.84. The Morgan fingerprint density at radius 1 is 0.978 bits per heavy atom. The van der Waals surface area contributed by atoms with Crippen molar-refractivity contribution in [1.29, 1.82) is 0 Å². The predicted octanol–water partition coefficient (Wildman–Crippen LogP) is 8.49. The molecule has 0 radical (unpaired) electrons. The first kappa shape index (κ1) is 41.9. The van der Waals surface area contributed by atoms with Crippen molar-refractivity contribution in [2.24, 2.45) is 0 Å². The summed E-state index contributed by atoms with van der Waals surface area (Å²) in [4.78, 5) is 16.6. The molecule has 2 aliphatic rings. The Bertz CT molecular complexity index is 1080. The molecule has 0 unspecified atom stereocenters. The fourth-order valence-corrected chi connectivity index (χ4v) is 6.18. The van der Waals surface area contributed by atoms with E-state index in [-0.39, 0.29) is 5.56 Å². The van der Waals surface area contributed by atoms with Gasteiger partial charge in [-0.05, 0) is 94.9 Å². The molecule has 0 spiro atoms. The average Bonchev–Trinajstić information content (AvgIpc) is 3.06. The minimum Gasteiger partial charge on any atom is -0.381 e. The number of benzene rings is 2. The zero-order valence-electron chi connectivity index (χ0n) is 30.0. The van der Waals surface area contributed by atoms with Crippen molar-refractivity contribution in [2.45, 2.75) is 91.3 Å². The molecule has 46 heavy (non-hydrogen) atoms. The number of aryl methyl sites for hydroxylation is 2. The van der Waals surface area contributed by atoms with Crippen LogP contribution in [-0.2, 0) is 28.3 Å². The zero-order chi connectivity index (χ0) is 34.5. The lowest BCUT2D eigenvalue weighted by Crippen LogP contribution is -2.56. The standard InChI is InChI=1S/C29H41F2N3.C5H10OS.C2H4O.C2H6/c1-22-21-33(28-15-17-32(4)18-16-28)19-20-34(22)23(2)26-11-7-24(8-12-26)5-6-25-9-13-27(14-10-25)29(3,30)31;1-6-4-3-5-7-2;1-2-3;1-2/h7-14,22-23,28H,5-6,15-21H2,1-4H3;3,5H,4H2,1-2H3;2H,1H3;1-2H3/b;5-3-;;/t22-,23+;;;/m1.../s1. The molecule has 2 fully saturated rings. The van der Waals surface area contributed by atoms with Crippen LogP contribution in [0.25, 0.3) is 0 Å². The topological polar surface area (TPSA) is 36.0 Å². The summed E-state index contributed by atoms with van der Waals surface area (Å²) in [6, 6.07) is 17.5. The number of piperazine rings is 1. The van der Waals surface area contributed by atoms with Gasteiger partial charge < -0.3 is 14.4 Å². The molecule has 2 aromatic carbocycles. The fraction of sp³-hybridized carbons (Fsp3) is 0.605. The van der Waals surface area contributed by atoms with E-state index in [1.807, 2.05) is 43.7 Å². The molecule has 0 saturated carbocycles. The molecule has 2 atom stereocenters. The quantitative estimate of drug-likeness (QED) is 0.238. The lowest BCUT2D eigenvalue weighted by molar-refractivity contribution is -0.106. The van der Waals surface area contributed by atoms with E-state index in [0.29, 0.717) is 12.1 Å². The molecule has 2 aromatic rings. The van der Waals surface area contributed by atoms with Crippen LogP contribution in [0.5, 0.6) is 0 Å². The Morgan fingerprint density at radius 2 is 1.50 bits per heavy atom. The molecule has 2 aliphatic heterocycles. The molecule has 0 amide bonds. The predicted molar refractivity (Wildman–Crippen MR) is 194 cm³/mol. The zero-order valence-corrected chi connectivity index (χ0v) is 30.8. The SMILES string of the molecule is CC.CC=O.COC/C=C\SC.C[C@@H]1CN(C2CCN(C)CC2)CCN1[C@@H](C)c1ccc(CCc2ccc(C(C)(F)F)cc2)cc1. The number of hydrogen-bond acceptors (Lipinski definition) is 6. The van der Waals surface area contributed by atoms with Crippen LogP contribution < -0.4 is 0 Å². The number of aldehydes is 1. The number of thioether (sulfide) groups is 1. The number of alkyl halides is 2. The van der Waals surface area contributed by atoms with E-state index in [4.69, 9.17) is 9.53 Å². The number of methoxy groups -OCH3 is 1. The number of piperidine rings is 1. The summed E-state index contributed by atoms with van der Waals surface area (Å²) in [5, 5.41) is 2.00. The largest absolute Gasteiger partial charge is 0.381 e. The third-order valence-electron chi connectivity index (χ3n) is 8.53. The maximum atomic E-state index is 13.4. The van der Waals surface area contributed by atoms with Crippen molar-refractivity contribution in [3.8, 4) is 0 Å². The molecule has 260 valence electrons. The van der Waals surface area contributed by atoms with Crippen LogP contribution in [0.4, 0.5) is 8.78 Å². The number of likely N-dealkylation sites (tertiary alicyclic amines) is 1. The fourth-order valence-electron chi connectivity index (χ4n) is 5.91. The maximum absolute atomic E-state index is 13.4. The lowest BCUT2D eigenvalue weighted by Gasteiger charge is -2.47. The van der Waals surface area contributed by atoms with Crippen molar-refractivity contribution < 1.29 is 18.3 Å². The summed E-state index contributed by atoms with van der Waals surface area (Å²) in [6.07, 6.45) is 9.13. The van der Waals surface area contributed by atoms with E-state index in [1.165, 1.54) is 57.1 Å². The van der Waals surface area contributed by atoms with E-state index in [9.17, 15) is 8.78 Å². The highest BCUT2D eigenvalue weighted by molar-refractivity contribution is 8.01. The van der Waals surface area contributed by atoms with Gasteiger partial charge in [0.2, 0.25) is 0 Å². The molecule has 5 nitrogen and oxygen atoms in total. The van der Waals surface area contributed by atoms with Crippen LogP contribution in [0.15, 0.2) is 60.0 Å². The first-order valence-corrected chi connectivity index (χ1v) is 18.1. The second-order valence-electron chi connectivity index (χ2n) is 11.9. The molecular formula is C38H61F2N3O2S. The summed E-state index contributed by atoms with van der Waals surface area (Å²) in [5.74, 6) is -2.78. The van der Waals surface area contributed by atoms with Crippen LogP contribution in [0.3, 0.4) is 0 Å². The molecule has 8 heteroatoms. The van der Waals surface area contributed by atoms with Gasteiger partial charge in [0.15, 0.2) is 0 Å². The number of halogens is 2. The maximum Gasteiger partial charge on any atom is 0.270 e. The van der Waals surface area contributed by atoms with Crippen LogP contribution in [0, 0.1) is 0 Å². The Labute approximate surface area is 283 Å². The molecule has 4 rings (SSSR count). The van der Waals surface area contributed by atoms with Crippen LogP contribution >= 0.6 is 11.8 Å². The van der Waals surface area contributed by atoms with E-state index < -0.39 is 5.92 Å². The smallest absolute Gasteiger partial charge is 0.270 e. The molecule has 2 heterocycles. The number of hydrogen-bond donors (Lipinski definition) is 0. The van der Waals surface area contributed by atoms with E-state index in [2.05, 4.69) is 59.9 Å². The molecule has 0 bridgehead atoms. The number of carbonyl (C=O) groups is 1. The van der Waals surface area contributed by atoms with Gasteiger partial charge in [-0.2, -0.15) is 0 Å². The van der Waals surface area contributed by atoms with E-state index >= 15 is 0 Å². The normalized spacial score (nSPS) is 18.8. The van der Waals surface area contributed by atoms with Crippen LogP contribution in [0.2, 0.25) is 0 Å². The van der Waals surface area contributed by atoms with Gasteiger partial charge in [0.25, 0.3) is 5.92 Å². The van der Waals surface area contributed by atoms with Gasteiger partial charge in [-0.25, -0.2) is 8.78 Å². The third kappa shape index (κ3) is 15.2. The van der Waals surface area contributed by atoms with Gasteiger partial charge in [-0.1, -0.05) is 68.5 Å². The molecular weight excluding hydrogens is 601 g/mol. The van der Waals surface area contributed by atoms with Gasteiger partial charge in [0.1, 0.15) is 6.29 Å². The Balaban J connectivity index is 0.000000760. The second kappa shape index (κ2) is 23.3. The monoisotopic (exact) mass is 661 g/mol. The minimum atomic E-state index is -2.78. The number of rotatable bonds is 10. The molecule has 0 N–H and O–H groups in total. The summed E-state index contributed by atoms with van der Waals surface area (Å²) in [6.45, 7) is 17.7. The van der Waals surface area contributed by atoms with Crippen molar-refractivity contribution in [2.75, 3.05) is 59.7 Å². The number of carbonyl (C=O) groups excluding carboxylic acids is 1. The van der Waals surface area contributed by atoms with Crippen LogP contribution in [-0.4, -0.2) is 92.8 Å². The van der Waals surface area contributed by atoms with Gasteiger partial charge in [-0.3, -0.25) is 9.80 Å². The van der Waals surface area contributed by atoms with Crippen molar-refractivity contribution in [3.05, 3.63) is 82.3 Å². The van der Waals surface area contributed by atoms with Gasteiger partial charge in [0, 0.05) is 57.4 Å². The minimum absolute atomic E-state index is 0.0796. The highest BCUT2D eigenvalue weighted by atomic mass is 32.2. The Hall–Kier alpha value is -2.10. The first-order valence-electron chi connectivity index (χ1n) is 16.8. The Kier molecular flexibility index (Phi) is 21.2. The van der Waals surface area contributed by atoms with Crippen molar-refractivity contribution in [1.82, 2.24) is 14.7 Å².